The molecule has 0 radical (unpaired) electrons. The molecular weight excluding hydrogens is 419 g/mol. The minimum absolute atomic E-state index is 0.0633. The molecule has 29 heavy (non-hydrogen) atoms. The van der Waals surface area contributed by atoms with Crippen LogP contribution in [0.5, 0.6) is 0 Å². The predicted molar refractivity (Wildman–Crippen MR) is 105 cm³/mol. The highest BCUT2D eigenvalue weighted by molar-refractivity contribution is 7.91. The summed E-state index contributed by atoms with van der Waals surface area (Å²) >= 11 is 0. The first-order chi connectivity index (χ1) is 13.6. The van der Waals surface area contributed by atoms with Gasteiger partial charge in [-0.05, 0) is 35.9 Å². The first-order valence-corrected chi connectivity index (χ1v) is 12.2. The molecule has 10 heteroatoms. The van der Waals surface area contributed by atoms with Crippen LogP contribution in [0.25, 0.3) is 0 Å². The highest BCUT2D eigenvalue weighted by Crippen LogP contribution is 2.21. The standard InChI is InChI=1S/C19H21FN2O5S2/c1-28(24,25)17-3-2-4-18(14-17)29(26,27)22-11-9-21(10-12-22)19(23)13-15-5-7-16(20)8-6-15/h2-8,14H,9-13H2,1H3. The van der Waals surface area contributed by atoms with Gasteiger partial charge in [-0.2, -0.15) is 4.31 Å². The number of sulfonamides is 1. The Hall–Kier alpha value is -2.30. The lowest BCUT2D eigenvalue weighted by Crippen LogP contribution is -2.50. The Balaban J connectivity index is 1.66. The summed E-state index contributed by atoms with van der Waals surface area (Å²) in [6.45, 7) is 0.678. The summed E-state index contributed by atoms with van der Waals surface area (Å²) in [6, 6.07) is 10.9. The number of halogens is 1. The zero-order chi connectivity index (χ0) is 21.2. The number of nitrogens with zero attached hydrogens (tertiary/aromatic N) is 2. The lowest BCUT2D eigenvalue weighted by molar-refractivity contribution is -0.131. The molecule has 7 nitrogen and oxygen atoms in total. The average Bonchev–Trinajstić information content (AvgIpc) is 2.69. The number of benzene rings is 2. The lowest BCUT2D eigenvalue weighted by atomic mass is 10.1. The molecular formula is C19H21FN2O5S2. The SMILES string of the molecule is CS(=O)(=O)c1cccc(S(=O)(=O)N2CCN(C(=O)Cc3ccc(F)cc3)CC2)c1. The maximum atomic E-state index is 13.0. The van der Waals surface area contributed by atoms with Gasteiger partial charge in [0.2, 0.25) is 15.9 Å². The normalized spacial score (nSPS) is 16.0. The fourth-order valence-corrected chi connectivity index (χ4v) is 5.29. The van der Waals surface area contributed by atoms with E-state index in [1.807, 2.05) is 0 Å². The number of rotatable bonds is 5. The number of amides is 1. The Bertz CT molecular complexity index is 1110. The molecule has 0 atom stereocenters. The van der Waals surface area contributed by atoms with Crippen molar-refractivity contribution in [1.29, 1.82) is 0 Å². The second-order valence-corrected chi connectivity index (χ2v) is 10.8. The van der Waals surface area contributed by atoms with Gasteiger partial charge in [0.15, 0.2) is 9.84 Å². The van der Waals surface area contributed by atoms with Crippen LogP contribution in [0.2, 0.25) is 0 Å². The minimum Gasteiger partial charge on any atom is -0.340 e. The summed E-state index contributed by atoms with van der Waals surface area (Å²) in [5.41, 5.74) is 0.684. The molecule has 2 aromatic carbocycles. The van der Waals surface area contributed by atoms with Crippen molar-refractivity contribution in [3.05, 3.63) is 59.9 Å². The van der Waals surface area contributed by atoms with Crippen molar-refractivity contribution in [3.8, 4) is 0 Å². The van der Waals surface area contributed by atoms with Gasteiger partial charge in [0.1, 0.15) is 5.82 Å². The monoisotopic (exact) mass is 440 g/mol. The van der Waals surface area contributed by atoms with E-state index in [0.717, 1.165) is 12.3 Å². The third-order valence-corrected chi connectivity index (χ3v) is 7.74. The third-order valence-electron chi connectivity index (χ3n) is 4.73. The predicted octanol–water partition coefficient (Wildman–Crippen LogP) is 1.30. The molecule has 0 aromatic heterocycles. The van der Waals surface area contributed by atoms with Gasteiger partial charge >= 0.3 is 0 Å². The highest BCUT2D eigenvalue weighted by atomic mass is 32.2. The molecule has 3 rings (SSSR count). The lowest BCUT2D eigenvalue weighted by Gasteiger charge is -2.34. The van der Waals surface area contributed by atoms with E-state index in [1.54, 1.807) is 17.0 Å². The van der Waals surface area contributed by atoms with Crippen LogP contribution < -0.4 is 0 Å². The van der Waals surface area contributed by atoms with Gasteiger partial charge in [-0.1, -0.05) is 18.2 Å². The van der Waals surface area contributed by atoms with Gasteiger partial charge in [-0.25, -0.2) is 21.2 Å². The molecule has 0 unspecified atom stereocenters. The molecule has 0 N–H and O–H groups in total. The van der Waals surface area contributed by atoms with Gasteiger partial charge in [0.25, 0.3) is 0 Å². The molecule has 156 valence electrons. The fraction of sp³-hybridized carbons (Fsp3) is 0.316. The van der Waals surface area contributed by atoms with Gasteiger partial charge in [-0.15, -0.1) is 0 Å². The van der Waals surface area contributed by atoms with E-state index in [9.17, 15) is 26.0 Å². The van der Waals surface area contributed by atoms with Crippen LogP contribution >= 0.6 is 0 Å². The van der Waals surface area contributed by atoms with Crippen molar-refractivity contribution in [2.75, 3.05) is 32.4 Å². The van der Waals surface area contributed by atoms with Crippen molar-refractivity contribution in [1.82, 2.24) is 9.21 Å². The fourth-order valence-electron chi connectivity index (χ4n) is 3.08. The molecule has 0 spiro atoms. The Morgan fingerprint density at radius 3 is 2.10 bits per heavy atom. The maximum absolute atomic E-state index is 13.0. The summed E-state index contributed by atoms with van der Waals surface area (Å²) in [7, 11) is -7.40. The van der Waals surface area contributed by atoms with Crippen molar-refractivity contribution >= 4 is 25.8 Å². The molecule has 1 aliphatic rings. The Kier molecular flexibility index (Phi) is 6.06. The van der Waals surface area contributed by atoms with Crippen LogP contribution in [-0.4, -0.2) is 64.4 Å². The molecule has 0 aliphatic carbocycles. The molecule has 1 amide bonds. The Morgan fingerprint density at radius 2 is 1.52 bits per heavy atom. The number of hydrogen-bond donors (Lipinski definition) is 0. The minimum atomic E-state index is -3.87. The topological polar surface area (TPSA) is 91.8 Å². The van der Waals surface area contributed by atoms with Crippen LogP contribution in [0.3, 0.4) is 0 Å². The van der Waals surface area contributed by atoms with Gasteiger partial charge in [-0.3, -0.25) is 4.79 Å². The van der Waals surface area contributed by atoms with Crippen molar-refractivity contribution in [2.24, 2.45) is 0 Å². The molecule has 1 fully saturated rings. The summed E-state index contributed by atoms with van der Waals surface area (Å²) in [5, 5.41) is 0. The molecule has 1 heterocycles. The van der Waals surface area contributed by atoms with E-state index in [2.05, 4.69) is 0 Å². The second-order valence-electron chi connectivity index (χ2n) is 6.84. The van der Waals surface area contributed by atoms with Crippen LogP contribution in [0.15, 0.2) is 58.3 Å². The second kappa shape index (κ2) is 8.21. The van der Waals surface area contributed by atoms with Crippen LogP contribution in [0.1, 0.15) is 5.56 Å². The maximum Gasteiger partial charge on any atom is 0.243 e. The molecule has 2 aromatic rings. The number of sulfone groups is 1. The largest absolute Gasteiger partial charge is 0.340 e. The molecule has 0 saturated carbocycles. The summed E-state index contributed by atoms with van der Waals surface area (Å²) < 4.78 is 63.3. The molecule has 1 aliphatic heterocycles. The van der Waals surface area contributed by atoms with E-state index in [0.29, 0.717) is 5.56 Å². The van der Waals surface area contributed by atoms with Crippen molar-refractivity contribution in [3.63, 3.8) is 0 Å². The Labute approximate surface area is 169 Å². The third kappa shape index (κ3) is 5.01. The Morgan fingerprint density at radius 1 is 0.931 bits per heavy atom. The van der Waals surface area contributed by atoms with Gasteiger partial charge in [0, 0.05) is 32.4 Å². The first kappa shape index (κ1) is 21.4. The number of hydrogen-bond acceptors (Lipinski definition) is 5. The van der Waals surface area contributed by atoms with Crippen molar-refractivity contribution < 1.29 is 26.0 Å². The zero-order valence-corrected chi connectivity index (χ0v) is 17.4. The van der Waals surface area contributed by atoms with E-state index in [-0.39, 0.29) is 54.1 Å². The van der Waals surface area contributed by atoms with E-state index in [1.165, 1.54) is 34.6 Å². The quantitative estimate of drug-likeness (QED) is 0.699. The van der Waals surface area contributed by atoms with Crippen molar-refractivity contribution in [2.45, 2.75) is 16.2 Å². The first-order valence-electron chi connectivity index (χ1n) is 8.90. The summed E-state index contributed by atoms with van der Waals surface area (Å²) in [6.07, 6.45) is 1.13. The van der Waals surface area contributed by atoms with E-state index >= 15 is 0 Å². The van der Waals surface area contributed by atoms with E-state index in [4.69, 9.17) is 0 Å². The van der Waals surface area contributed by atoms with Crippen LogP contribution in [-0.2, 0) is 31.1 Å². The smallest absolute Gasteiger partial charge is 0.243 e. The van der Waals surface area contributed by atoms with Gasteiger partial charge < -0.3 is 4.90 Å². The van der Waals surface area contributed by atoms with Gasteiger partial charge in [0.05, 0.1) is 16.2 Å². The number of carbonyl (C=O) groups is 1. The van der Waals surface area contributed by atoms with E-state index < -0.39 is 19.9 Å². The summed E-state index contributed by atoms with van der Waals surface area (Å²) in [4.78, 5) is 13.8. The highest BCUT2D eigenvalue weighted by Gasteiger charge is 2.30. The average molecular weight is 441 g/mol. The molecule has 1 saturated heterocycles. The zero-order valence-electron chi connectivity index (χ0n) is 15.8. The summed E-state index contributed by atoms with van der Waals surface area (Å²) in [5.74, 6) is -0.535. The number of piperazine rings is 1. The number of carbonyl (C=O) groups excluding carboxylic acids is 1. The van der Waals surface area contributed by atoms with Crippen LogP contribution in [0.4, 0.5) is 4.39 Å². The molecule has 0 bridgehead atoms. The van der Waals surface area contributed by atoms with Crippen LogP contribution in [0, 0.1) is 5.82 Å².